The van der Waals surface area contributed by atoms with Crippen LogP contribution in [0.25, 0.3) is 5.65 Å². The predicted octanol–water partition coefficient (Wildman–Crippen LogP) is 4.79. The number of aromatic nitrogens is 3. The first-order chi connectivity index (χ1) is 13.6. The maximum absolute atomic E-state index is 12.9. The van der Waals surface area contributed by atoms with E-state index in [1.54, 1.807) is 35.1 Å². The van der Waals surface area contributed by atoms with E-state index < -0.39 is 0 Å². The highest BCUT2D eigenvalue weighted by Crippen LogP contribution is 2.20. The average molecular weight is 391 g/mol. The van der Waals surface area contributed by atoms with Crippen molar-refractivity contribution >= 4 is 28.8 Å². The van der Waals surface area contributed by atoms with Crippen LogP contribution >= 0.6 is 11.6 Å². The quantitative estimate of drug-likeness (QED) is 0.533. The number of aryl methyl sites for hydroxylation is 1. The number of carbonyl (C=O) groups is 1. The SMILES string of the molecule is CCc1nc2cc(Cl)ccn2c1C(=O)Nc1ccc(Cc2ccncc2)cc1. The number of nitrogens with zero attached hydrogens (tertiary/aromatic N) is 3. The molecule has 5 nitrogen and oxygen atoms in total. The van der Waals surface area contributed by atoms with Gasteiger partial charge in [0, 0.05) is 35.4 Å². The molecule has 3 aromatic heterocycles. The minimum atomic E-state index is -0.187. The number of fused-ring (bicyclic) bond motifs is 1. The molecule has 1 aromatic carbocycles. The predicted molar refractivity (Wildman–Crippen MR) is 111 cm³/mol. The highest BCUT2D eigenvalue weighted by molar-refractivity contribution is 6.30. The third kappa shape index (κ3) is 3.75. The first-order valence-electron chi connectivity index (χ1n) is 9.09. The number of rotatable bonds is 5. The van der Waals surface area contributed by atoms with Gasteiger partial charge in [0.05, 0.1) is 5.69 Å². The maximum atomic E-state index is 12.9. The van der Waals surface area contributed by atoms with Crippen LogP contribution < -0.4 is 5.32 Å². The second-order valence-corrected chi connectivity index (χ2v) is 6.95. The highest BCUT2D eigenvalue weighted by Gasteiger charge is 2.18. The number of imidazole rings is 1. The summed E-state index contributed by atoms with van der Waals surface area (Å²) >= 11 is 6.05. The number of carbonyl (C=O) groups excluding carboxylic acids is 1. The Morgan fingerprint density at radius 2 is 1.79 bits per heavy atom. The Balaban J connectivity index is 1.55. The van der Waals surface area contributed by atoms with Gasteiger partial charge in [-0.15, -0.1) is 0 Å². The standard InChI is InChI=1S/C22H19ClN4O/c1-2-19-21(27-12-9-17(23)14-20(27)26-19)22(28)25-18-5-3-15(4-6-18)13-16-7-10-24-11-8-16/h3-12,14H,2,13H2,1H3,(H,25,28). The van der Waals surface area contributed by atoms with Gasteiger partial charge in [-0.2, -0.15) is 0 Å². The van der Waals surface area contributed by atoms with Crippen LogP contribution in [0.1, 0.15) is 34.2 Å². The summed E-state index contributed by atoms with van der Waals surface area (Å²) in [5.41, 5.74) is 5.06. The van der Waals surface area contributed by atoms with Crippen molar-refractivity contribution in [3.05, 3.63) is 94.7 Å². The Morgan fingerprint density at radius 1 is 1.07 bits per heavy atom. The summed E-state index contributed by atoms with van der Waals surface area (Å²) < 4.78 is 1.78. The Kier molecular flexibility index (Phi) is 5.08. The van der Waals surface area contributed by atoms with Crippen molar-refractivity contribution in [2.45, 2.75) is 19.8 Å². The number of halogens is 1. The van der Waals surface area contributed by atoms with Crippen molar-refractivity contribution in [3.63, 3.8) is 0 Å². The summed E-state index contributed by atoms with van der Waals surface area (Å²) in [7, 11) is 0. The fourth-order valence-corrected chi connectivity index (χ4v) is 3.34. The Bertz CT molecular complexity index is 1120. The van der Waals surface area contributed by atoms with E-state index in [1.165, 1.54) is 11.1 Å². The lowest BCUT2D eigenvalue weighted by atomic mass is 10.1. The van der Waals surface area contributed by atoms with Crippen molar-refractivity contribution in [1.29, 1.82) is 0 Å². The lowest BCUT2D eigenvalue weighted by Crippen LogP contribution is -2.16. The van der Waals surface area contributed by atoms with E-state index in [2.05, 4.69) is 15.3 Å². The molecule has 1 amide bonds. The van der Waals surface area contributed by atoms with Gasteiger partial charge in [0.15, 0.2) is 0 Å². The lowest BCUT2D eigenvalue weighted by molar-refractivity contribution is 0.102. The van der Waals surface area contributed by atoms with Gasteiger partial charge in [-0.3, -0.25) is 14.2 Å². The van der Waals surface area contributed by atoms with E-state index in [4.69, 9.17) is 11.6 Å². The molecular weight excluding hydrogens is 372 g/mol. The van der Waals surface area contributed by atoms with Crippen LogP contribution in [0.3, 0.4) is 0 Å². The molecule has 0 unspecified atom stereocenters. The number of nitrogens with one attached hydrogen (secondary N) is 1. The number of amides is 1. The Morgan fingerprint density at radius 3 is 2.50 bits per heavy atom. The molecule has 3 heterocycles. The molecule has 140 valence electrons. The molecule has 4 aromatic rings. The normalized spacial score (nSPS) is 10.9. The zero-order chi connectivity index (χ0) is 19.5. The molecule has 1 N–H and O–H groups in total. The van der Waals surface area contributed by atoms with Gasteiger partial charge in [0.25, 0.3) is 5.91 Å². The van der Waals surface area contributed by atoms with Crippen LogP contribution in [0.5, 0.6) is 0 Å². The zero-order valence-corrected chi connectivity index (χ0v) is 16.1. The minimum absolute atomic E-state index is 0.187. The van der Waals surface area contributed by atoms with E-state index in [1.807, 2.05) is 43.3 Å². The van der Waals surface area contributed by atoms with Gasteiger partial charge >= 0.3 is 0 Å². The summed E-state index contributed by atoms with van der Waals surface area (Å²) in [5, 5.41) is 3.57. The Hall–Kier alpha value is -3.18. The fourth-order valence-electron chi connectivity index (χ4n) is 3.19. The van der Waals surface area contributed by atoms with E-state index in [9.17, 15) is 4.79 Å². The topological polar surface area (TPSA) is 59.3 Å². The van der Waals surface area contributed by atoms with Gasteiger partial charge in [0.2, 0.25) is 0 Å². The van der Waals surface area contributed by atoms with E-state index in [0.29, 0.717) is 22.8 Å². The number of benzene rings is 1. The molecule has 0 aliphatic rings. The summed E-state index contributed by atoms with van der Waals surface area (Å²) in [6, 6.07) is 15.4. The zero-order valence-electron chi connectivity index (χ0n) is 15.4. The largest absolute Gasteiger partial charge is 0.321 e. The van der Waals surface area contributed by atoms with Crippen molar-refractivity contribution in [1.82, 2.24) is 14.4 Å². The third-order valence-electron chi connectivity index (χ3n) is 4.58. The molecule has 0 saturated heterocycles. The van der Waals surface area contributed by atoms with Crippen LogP contribution in [-0.2, 0) is 12.8 Å². The molecule has 0 aliphatic heterocycles. The molecule has 0 atom stereocenters. The second kappa shape index (κ2) is 7.82. The second-order valence-electron chi connectivity index (χ2n) is 6.52. The number of pyridine rings is 2. The van der Waals surface area contributed by atoms with Crippen molar-refractivity contribution in [3.8, 4) is 0 Å². The van der Waals surface area contributed by atoms with Gasteiger partial charge in [-0.25, -0.2) is 4.98 Å². The summed E-state index contributed by atoms with van der Waals surface area (Å²) in [6.45, 7) is 1.98. The molecule has 0 aliphatic carbocycles. The molecule has 0 fully saturated rings. The van der Waals surface area contributed by atoms with Crippen LogP contribution in [-0.4, -0.2) is 20.3 Å². The Labute approximate surface area is 168 Å². The third-order valence-corrected chi connectivity index (χ3v) is 4.81. The highest BCUT2D eigenvalue weighted by atomic mass is 35.5. The summed E-state index contributed by atoms with van der Waals surface area (Å²) in [6.07, 6.45) is 6.84. The first kappa shape index (κ1) is 18.2. The molecule has 0 spiro atoms. The number of hydrogen-bond donors (Lipinski definition) is 1. The van der Waals surface area contributed by atoms with E-state index >= 15 is 0 Å². The van der Waals surface area contributed by atoms with Gasteiger partial charge in [-0.05, 0) is 54.3 Å². The van der Waals surface area contributed by atoms with Crippen LogP contribution in [0, 0.1) is 0 Å². The smallest absolute Gasteiger partial charge is 0.274 e. The molecule has 0 radical (unpaired) electrons. The molecule has 6 heteroatoms. The van der Waals surface area contributed by atoms with Gasteiger partial charge < -0.3 is 5.32 Å². The molecule has 0 saturated carbocycles. The van der Waals surface area contributed by atoms with E-state index in [0.717, 1.165) is 17.8 Å². The summed E-state index contributed by atoms with van der Waals surface area (Å²) in [5.74, 6) is -0.187. The average Bonchev–Trinajstić information content (AvgIpc) is 3.08. The van der Waals surface area contributed by atoms with Crippen LogP contribution in [0.2, 0.25) is 5.02 Å². The van der Waals surface area contributed by atoms with Crippen LogP contribution in [0.4, 0.5) is 5.69 Å². The molecule has 4 rings (SSSR count). The van der Waals surface area contributed by atoms with Crippen molar-refractivity contribution < 1.29 is 4.79 Å². The van der Waals surface area contributed by atoms with Gasteiger partial charge in [0.1, 0.15) is 11.3 Å². The monoisotopic (exact) mass is 390 g/mol. The maximum Gasteiger partial charge on any atom is 0.274 e. The number of anilines is 1. The van der Waals surface area contributed by atoms with Gasteiger partial charge in [-0.1, -0.05) is 30.7 Å². The van der Waals surface area contributed by atoms with Crippen molar-refractivity contribution in [2.75, 3.05) is 5.32 Å². The van der Waals surface area contributed by atoms with Crippen LogP contribution in [0.15, 0.2) is 67.1 Å². The summed E-state index contributed by atoms with van der Waals surface area (Å²) in [4.78, 5) is 21.5. The molecular formula is C22H19ClN4O. The lowest BCUT2D eigenvalue weighted by Gasteiger charge is -2.08. The fraction of sp³-hybridized carbons (Fsp3) is 0.136. The first-order valence-corrected chi connectivity index (χ1v) is 9.47. The van der Waals surface area contributed by atoms with Crippen molar-refractivity contribution in [2.24, 2.45) is 0 Å². The number of hydrogen-bond acceptors (Lipinski definition) is 3. The van der Waals surface area contributed by atoms with E-state index in [-0.39, 0.29) is 5.91 Å². The molecule has 28 heavy (non-hydrogen) atoms. The minimum Gasteiger partial charge on any atom is -0.321 e. The molecule has 0 bridgehead atoms.